The van der Waals surface area contributed by atoms with Gasteiger partial charge in [-0.15, -0.1) is 0 Å². The van der Waals surface area contributed by atoms with Gasteiger partial charge in [0, 0.05) is 18.4 Å². The van der Waals surface area contributed by atoms with Crippen molar-refractivity contribution in [3.8, 4) is 6.07 Å². The zero-order valence-electron chi connectivity index (χ0n) is 10.8. The summed E-state index contributed by atoms with van der Waals surface area (Å²) in [5, 5.41) is 11.4. The Balaban J connectivity index is 2.08. The number of nitrogens with one attached hydrogen (secondary N) is 1. The maximum absolute atomic E-state index is 12.8. The summed E-state index contributed by atoms with van der Waals surface area (Å²) < 4.78 is 12.8. The Labute approximate surface area is 116 Å². The Morgan fingerprint density at radius 2 is 1.75 bits per heavy atom. The Bertz CT molecular complexity index is 644. The number of nitrogens with zero attached hydrogens (tertiary/aromatic N) is 2. The molecule has 5 heteroatoms. The topological polar surface area (TPSA) is 56.1 Å². The average Bonchev–Trinajstić information content (AvgIpc) is 2.49. The molecule has 0 radical (unpaired) electrons. The molecule has 0 heterocycles. The number of nitriles is 1. The maximum atomic E-state index is 12.8. The number of halogens is 1. The van der Waals surface area contributed by atoms with Crippen LogP contribution < -0.4 is 10.2 Å². The quantitative estimate of drug-likeness (QED) is 0.908. The fraction of sp³-hybridized carbons (Fsp3) is 0.0667. The molecule has 0 saturated heterocycles. The Morgan fingerprint density at radius 1 is 1.15 bits per heavy atom. The van der Waals surface area contributed by atoms with Crippen LogP contribution in [0.25, 0.3) is 0 Å². The van der Waals surface area contributed by atoms with E-state index in [9.17, 15) is 9.18 Å². The van der Waals surface area contributed by atoms with Gasteiger partial charge in [-0.3, -0.25) is 4.90 Å². The van der Waals surface area contributed by atoms with E-state index >= 15 is 0 Å². The highest BCUT2D eigenvalue weighted by Crippen LogP contribution is 2.15. The van der Waals surface area contributed by atoms with Crippen molar-refractivity contribution < 1.29 is 9.18 Å². The second-order valence-electron chi connectivity index (χ2n) is 4.15. The molecular formula is C15H12FN3O. The fourth-order valence-electron chi connectivity index (χ4n) is 1.62. The number of hydrogen-bond acceptors (Lipinski definition) is 2. The summed E-state index contributed by atoms with van der Waals surface area (Å²) in [4.78, 5) is 13.4. The third-order valence-corrected chi connectivity index (χ3v) is 2.78. The Morgan fingerprint density at radius 3 is 2.30 bits per heavy atom. The molecule has 2 amide bonds. The molecule has 0 fully saturated rings. The number of hydrogen-bond donors (Lipinski definition) is 1. The van der Waals surface area contributed by atoms with E-state index in [-0.39, 0.29) is 11.8 Å². The van der Waals surface area contributed by atoms with Crippen molar-refractivity contribution in [2.75, 3.05) is 17.3 Å². The molecule has 2 rings (SSSR count). The number of carbonyl (C=O) groups is 1. The lowest BCUT2D eigenvalue weighted by atomic mass is 10.2. The van der Waals surface area contributed by atoms with Gasteiger partial charge >= 0.3 is 6.03 Å². The Hall–Kier alpha value is -2.87. The molecule has 100 valence electrons. The van der Waals surface area contributed by atoms with E-state index in [1.807, 2.05) is 6.07 Å². The molecule has 0 unspecified atom stereocenters. The highest BCUT2D eigenvalue weighted by molar-refractivity contribution is 6.01. The summed E-state index contributed by atoms with van der Waals surface area (Å²) in [6.45, 7) is 0. The molecule has 2 aromatic rings. The number of amides is 2. The van der Waals surface area contributed by atoms with E-state index in [0.717, 1.165) is 0 Å². The first-order valence-electron chi connectivity index (χ1n) is 5.90. The lowest BCUT2D eigenvalue weighted by molar-refractivity contribution is 0.258. The zero-order chi connectivity index (χ0) is 14.5. The van der Waals surface area contributed by atoms with Crippen molar-refractivity contribution in [1.29, 1.82) is 5.26 Å². The van der Waals surface area contributed by atoms with Gasteiger partial charge in [0.15, 0.2) is 0 Å². The minimum atomic E-state index is -0.358. The molecule has 0 bridgehead atoms. The molecule has 2 aromatic carbocycles. The van der Waals surface area contributed by atoms with E-state index in [0.29, 0.717) is 16.9 Å². The van der Waals surface area contributed by atoms with E-state index in [1.54, 1.807) is 31.3 Å². The number of urea groups is 1. The van der Waals surface area contributed by atoms with Gasteiger partial charge in [0.2, 0.25) is 0 Å². The molecule has 0 spiro atoms. The van der Waals surface area contributed by atoms with Crippen LogP contribution >= 0.6 is 0 Å². The van der Waals surface area contributed by atoms with Crippen LogP contribution in [0.1, 0.15) is 5.56 Å². The van der Waals surface area contributed by atoms with Crippen LogP contribution in [0.4, 0.5) is 20.6 Å². The third-order valence-electron chi connectivity index (χ3n) is 2.78. The van der Waals surface area contributed by atoms with Crippen molar-refractivity contribution >= 4 is 17.4 Å². The van der Waals surface area contributed by atoms with Gasteiger partial charge in [0.1, 0.15) is 5.82 Å². The third kappa shape index (κ3) is 3.12. The lowest BCUT2D eigenvalue weighted by Crippen LogP contribution is -2.31. The van der Waals surface area contributed by atoms with Crippen molar-refractivity contribution in [1.82, 2.24) is 0 Å². The van der Waals surface area contributed by atoms with E-state index in [1.165, 1.54) is 29.2 Å². The number of anilines is 2. The van der Waals surface area contributed by atoms with Crippen LogP contribution in [-0.2, 0) is 0 Å². The lowest BCUT2D eigenvalue weighted by Gasteiger charge is -2.18. The van der Waals surface area contributed by atoms with Gasteiger partial charge < -0.3 is 5.32 Å². The van der Waals surface area contributed by atoms with E-state index in [4.69, 9.17) is 5.26 Å². The molecule has 0 aliphatic carbocycles. The summed E-state index contributed by atoms with van der Waals surface area (Å²) in [6, 6.07) is 13.8. The normalized spacial score (nSPS) is 9.65. The first-order valence-corrected chi connectivity index (χ1v) is 5.90. The summed E-state index contributed by atoms with van der Waals surface area (Å²) >= 11 is 0. The maximum Gasteiger partial charge on any atom is 0.326 e. The summed E-state index contributed by atoms with van der Waals surface area (Å²) in [7, 11) is 1.61. The highest BCUT2D eigenvalue weighted by Gasteiger charge is 2.10. The SMILES string of the molecule is CN(C(=O)Nc1ccc(F)cc1)c1ccc(C#N)cc1. The molecule has 1 N–H and O–H groups in total. The average molecular weight is 269 g/mol. The van der Waals surface area contributed by atoms with Crippen molar-refractivity contribution in [3.05, 3.63) is 59.9 Å². The van der Waals surface area contributed by atoms with Crippen LogP contribution in [0.3, 0.4) is 0 Å². The molecule has 0 aliphatic rings. The van der Waals surface area contributed by atoms with Crippen molar-refractivity contribution in [2.24, 2.45) is 0 Å². The van der Waals surface area contributed by atoms with Gasteiger partial charge in [0.05, 0.1) is 11.6 Å². The van der Waals surface area contributed by atoms with Gasteiger partial charge in [-0.1, -0.05) is 0 Å². The minimum absolute atomic E-state index is 0.346. The van der Waals surface area contributed by atoms with Crippen LogP contribution in [0.2, 0.25) is 0 Å². The largest absolute Gasteiger partial charge is 0.326 e. The number of rotatable bonds is 2. The molecule has 20 heavy (non-hydrogen) atoms. The first-order chi connectivity index (χ1) is 9.60. The molecule has 0 aromatic heterocycles. The van der Waals surface area contributed by atoms with E-state index in [2.05, 4.69) is 5.32 Å². The second-order valence-corrected chi connectivity index (χ2v) is 4.15. The van der Waals surface area contributed by atoms with Gasteiger partial charge in [-0.2, -0.15) is 5.26 Å². The van der Waals surface area contributed by atoms with Gasteiger partial charge in [0.25, 0.3) is 0 Å². The second kappa shape index (κ2) is 5.85. The summed E-state index contributed by atoms with van der Waals surface area (Å²) in [5.41, 5.74) is 1.70. The first kappa shape index (κ1) is 13.6. The molecule has 0 saturated carbocycles. The van der Waals surface area contributed by atoms with Crippen LogP contribution in [-0.4, -0.2) is 13.1 Å². The van der Waals surface area contributed by atoms with Crippen LogP contribution in [0, 0.1) is 17.1 Å². The molecule has 4 nitrogen and oxygen atoms in total. The molecule has 0 atom stereocenters. The van der Waals surface area contributed by atoms with E-state index < -0.39 is 0 Å². The van der Waals surface area contributed by atoms with Crippen LogP contribution in [0.15, 0.2) is 48.5 Å². The minimum Gasteiger partial charge on any atom is -0.308 e. The fourth-order valence-corrected chi connectivity index (χ4v) is 1.62. The van der Waals surface area contributed by atoms with Crippen LogP contribution in [0.5, 0.6) is 0 Å². The summed E-state index contributed by atoms with van der Waals surface area (Å²) in [6.07, 6.45) is 0. The molecule has 0 aliphatic heterocycles. The Kier molecular flexibility index (Phi) is 3.96. The van der Waals surface area contributed by atoms with Gasteiger partial charge in [-0.05, 0) is 48.5 Å². The smallest absolute Gasteiger partial charge is 0.308 e. The number of carbonyl (C=O) groups excluding carboxylic acids is 1. The predicted octanol–water partition coefficient (Wildman–Crippen LogP) is 3.37. The zero-order valence-corrected chi connectivity index (χ0v) is 10.8. The molecular weight excluding hydrogens is 257 g/mol. The van der Waals surface area contributed by atoms with Crippen molar-refractivity contribution in [2.45, 2.75) is 0 Å². The number of benzene rings is 2. The van der Waals surface area contributed by atoms with Crippen molar-refractivity contribution in [3.63, 3.8) is 0 Å². The monoisotopic (exact) mass is 269 g/mol. The predicted molar refractivity (Wildman–Crippen MR) is 75.0 cm³/mol. The summed E-state index contributed by atoms with van der Waals surface area (Å²) in [5.74, 6) is -0.358. The standard InChI is InChI=1S/C15H12FN3O/c1-19(14-8-2-11(10-17)3-9-14)15(20)18-13-6-4-12(16)5-7-13/h2-9H,1H3,(H,18,20). The highest BCUT2D eigenvalue weighted by atomic mass is 19.1. The van der Waals surface area contributed by atoms with Gasteiger partial charge in [-0.25, -0.2) is 9.18 Å².